The van der Waals surface area contributed by atoms with Crippen molar-refractivity contribution in [1.29, 1.82) is 0 Å². The molecule has 0 spiro atoms. The van der Waals surface area contributed by atoms with Crippen LogP contribution in [0.3, 0.4) is 0 Å². The van der Waals surface area contributed by atoms with Crippen LogP contribution in [-0.2, 0) is 0 Å². The lowest BCUT2D eigenvalue weighted by Gasteiger charge is -2.25. The van der Waals surface area contributed by atoms with Crippen molar-refractivity contribution in [3.05, 3.63) is 35.4 Å². The monoisotopic (exact) mass is 331 g/mol. The third kappa shape index (κ3) is 3.75. The summed E-state index contributed by atoms with van der Waals surface area (Å²) in [5, 5.41) is 2.63. The van der Waals surface area contributed by atoms with E-state index in [0.29, 0.717) is 17.3 Å². The maximum absolute atomic E-state index is 13.4. The number of amides is 1. The van der Waals surface area contributed by atoms with E-state index < -0.39 is 23.1 Å². The number of rotatable bonds is 3. The molecule has 0 radical (unpaired) electrons. The first-order valence-electron chi connectivity index (χ1n) is 6.44. The Morgan fingerprint density at radius 2 is 2.00 bits per heavy atom. The molecule has 1 aromatic rings. The van der Waals surface area contributed by atoms with Crippen molar-refractivity contribution >= 4 is 21.8 Å². The molecule has 1 amide bonds. The first-order valence-corrected chi connectivity index (χ1v) is 7.35. The predicted octanol–water partition coefficient (Wildman–Crippen LogP) is 3.65. The van der Waals surface area contributed by atoms with Crippen LogP contribution in [0.1, 0.15) is 36.0 Å². The average Bonchev–Trinajstić information content (AvgIpc) is 2.36. The Morgan fingerprint density at radius 1 is 1.32 bits per heavy atom. The Labute approximate surface area is 119 Å². The van der Waals surface area contributed by atoms with Gasteiger partial charge in [-0.3, -0.25) is 4.79 Å². The number of hydrogen-bond donors (Lipinski definition) is 1. The van der Waals surface area contributed by atoms with Gasteiger partial charge < -0.3 is 5.32 Å². The van der Waals surface area contributed by atoms with E-state index in [1.165, 1.54) is 6.07 Å². The second-order valence-electron chi connectivity index (χ2n) is 4.94. The highest BCUT2D eigenvalue weighted by molar-refractivity contribution is 9.09. The SMILES string of the molecule is O=C(NCC1CCCC(Br)C1)c1c(F)cccc1F. The molecule has 0 bridgehead atoms. The van der Waals surface area contributed by atoms with Crippen molar-refractivity contribution < 1.29 is 13.6 Å². The van der Waals surface area contributed by atoms with Gasteiger partial charge in [0, 0.05) is 11.4 Å². The molecule has 1 saturated carbocycles. The first kappa shape index (κ1) is 14.4. The molecule has 2 unspecified atom stereocenters. The summed E-state index contributed by atoms with van der Waals surface area (Å²) in [4.78, 5) is 12.3. The summed E-state index contributed by atoms with van der Waals surface area (Å²) >= 11 is 3.57. The number of carbonyl (C=O) groups excluding carboxylic acids is 1. The second-order valence-corrected chi connectivity index (χ2v) is 6.23. The van der Waals surface area contributed by atoms with Gasteiger partial charge in [-0.05, 0) is 37.3 Å². The van der Waals surface area contributed by atoms with Gasteiger partial charge in [0.25, 0.3) is 5.91 Å². The maximum atomic E-state index is 13.4. The zero-order valence-electron chi connectivity index (χ0n) is 10.5. The Morgan fingerprint density at radius 3 is 2.63 bits per heavy atom. The highest BCUT2D eigenvalue weighted by atomic mass is 79.9. The van der Waals surface area contributed by atoms with E-state index in [9.17, 15) is 13.6 Å². The average molecular weight is 332 g/mol. The molecule has 1 aromatic carbocycles. The molecule has 104 valence electrons. The number of halogens is 3. The molecule has 2 nitrogen and oxygen atoms in total. The highest BCUT2D eigenvalue weighted by Crippen LogP contribution is 2.28. The van der Waals surface area contributed by atoms with Crippen LogP contribution in [0, 0.1) is 17.6 Å². The van der Waals surface area contributed by atoms with E-state index in [0.717, 1.165) is 37.8 Å². The molecule has 2 rings (SSSR count). The number of benzene rings is 1. The molecule has 1 N–H and O–H groups in total. The van der Waals surface area contributed by atoms with Gasteiger partial charge in [-0.1, -0.05) is 28.4 Å². The maximum Gasteiger partial charge on any atom is 0.257 e. The standard InChI is InChI=1S/C14H16BrF2NO/c15-10-4-1-3-9(7-10)8-18-14(19)13-11(16)5-2-6-12(13)17/h2,5-6,9-10H,1,3-4,7-8H2,(H,18,19). The van der Waals surface area contributed by atoms with Crippen LogP contribution in [0.5, 0.6) is 0 Å². The number of carbonyl (C=O) groups is 1. The fraction of sp³-hybridized carbons (Fsp3) is 0.500. The predicted molar refractivity (Wildman–Crippen MR) is 73.4 cm³/mol. The van der Waals surface area contributed by atoms with E-state index in [4.69, 9.17) is 0 Å². The lowest BCUT2D eigenvalue weighted by atomic mass is 9.89. The smallest absolute Gasteiger partial charge is 0.257 e. The summed E-state index contributed by atoms with van der Waals surface area (Å²) in [5.74, 6) is -1.94. The molecule has 1 aliphatic rings. The largest absolute Gasteiger partial charge is 0.352 e. The van der Waals surface area contributed by atoms with Crippen LogP contribution in [0.25, 0.3) is 0 Å². The molecule has 1 fully saturated rings. The molecule has 0 saturated heterocycles. The van der Waals surface area contributed by atoms with Crippen LogP contribution in [0.2, 0.25) is 0 Å². The van der Waals surface area contributed by atoms with Crippen molar-refractivity contribution in [2.24, 2.45) is 5.92 Å². The Bertz CT molecular complexity index is 447. The van der Waals surface area contributed by atoms with Gasteiger partial charge in [-0.25, -0.2) is 8.78 Å². The number of alkyl halides is 1. The molecule has 5 heteroatoms. The van der Waals surface area contributed by atoms with Gasteiger partial charge >= 0.3 is 0 Å². The van der Waals surface area contributed by atoms with E-state index >= 15 is 0 Å². The zero-order chi connectivity index (χ0) is 13.8. The van der Waals surface area contributed by atoms with Crippen LogP contribution in [-0.4, -0.2) is 17.3 Å². The van der Waals surface area contributed by atoms with Crippen LogP contribution >= 0.6 is 15.9 Å². The lowest BCUT2D eigenvalue weighted by molar-refractivity contribution is 0.0935. The minimum Gasteiger partial charge on any atom is -0.352 e. The first-order chi connectivity index (χ1) is 9.08. The van der Waals surface area contributed by atoms with Crippen molar-refractivity contribution in [1.82, 2.24) is 5.32 Å². The fourth-order valence-electron chi connectivity index (χ4n) is 2.45. The third-order valence-corrected chi connectivity index (χ3v) is 4.29. The summed E-state index contributed by atoms with van der Waals surface area (Å²) in [6, 6.07) is 3.43. The van der Waals surface area contributed by atoms with Gasteiger partial charge in [-0.15, -0.1) is 0 Å². The Balaban J connectivity index is 1.94. The third-order valence-electron chi connectivity index (χ3n) is 3.46. The Hall–Kier alpha value is -0.970. The van der Waals surface area contributed by atoms with Crippen LogP contribution < -0.4 is 5.32 Å². The Kier molecular flexibility index (Phi) is 4.91. The van der Waals surface area contributed by atoms with Crippen molar-refractivity contribution in [3.8, 4) is 0 Å². The van der Waals surface area contributed by atoms with Crippen molar-refractivity contribution in [2.45, 2.75) is 30.5 Å². The minimum atomic E-state index is -0.820. The number of hydrogen-bond acceptors (Lipinski definition) is 1. The van der Waals surface area contributed by atoms with Crippen LogP contribution in [0.15, 0.2) is 18.2 Å². The summed E-state index contributed by atoms with van der Waals surface area (Å²) < 4.78 is 26.8. The minimum absolute atomic E-state index is 0.372. The van der Waals surface area contributed by atoms with Crippen molar-refractivity contribution in [3.63, 3.8) is 0 Å². The highest BCUT2D eigenvalue weighted by Gasteiger charge is 2.22. The second kappa shape index (κ2) is 6.46. The van der Waals surface area contributed by atoms with Gasteiger partial charge in [0.1, 0.15) is 17.2 Å². The van der Waals surface area contributed by atoms with Gasteiger partial charge in [-0.2, -0.15) is 0 Å². The van der Waals surface area contributed by atoms with Gasteiger partial charge in [0.2, 0.25) is 0 Å². The molecule has 1 aliphatic carbocycles. The fourth-order valence-corrected chi connectivity index (χ4v) is 3.30. The molecule has 0 aliphatic heterocycles. The van der Waals surface area contributed by atoms with E-state index in [1.807, 2.05) is 0 Å². The molecular weight excluding hydrogens is 316 g/mol. The zero-order valence-corrected chi connectivity index (χ0v) is 12.1. The quantitative estimate of drug-likeness (QED) is 0.841. The summed E-state index contributed by atoms with van der Waals surface area (Å²) in [6.07, 6.45) is 4.29. The van der Waals surface area contributed by atoms with Crippen LogP contribution in [0.4, 0.5) is 8.78 Å². The number of nitrogens with one attached hydrogen (secondary N) is 1. The molecule has 0 heterocycles. The normalized spacial score (nSPS) is 23.1. The lowest BCUT2D eigenvalue weighted by Crippen LogP contribution is -2.32. The van der Waals surface area contributed by atoms with Gasteiger partial charge in [0.05, 0.1) is 0 Å². The van der Waals surface area contributed by atoms with E-state index in [1.54, 1.807) is 0 Å². The van der Waals surface area contributed by atoms with Gasteiger partial charge in [0.15, 0.2) is 0 Å². The summed E-state index contributed by atoms with van der Waals surface area (Å²) in [5.41, 5.74) is -0.492. The van der Waals surface area contributed by atoms with Crippen molar-refractivity contribution in [2.75, 3.05) is 6.54 Å². The molecule has 2 atom stereocenters. The molecule has 0 aromatic heterocycles. The van der Waals surface area contributed by atoms with E-state index in [-0.39, 0.29) is 0 Å². The topological polar surface area (TPSA) is 29.1 Å². The molecule has 19 heavy (non-hydrogen) atoms. The molecular formula is C14H16BrF2NO. The summed E-state index contributed by atoms with van der Waals surface area (Å²) in [6.45, 7) is 0.467. The van der Waals surface area contributed by atoms with E-state index in [2.05, 4.69) is 21.2 Å². The summed E-state index contributed by atoms with van der Waals surface area (Å²) in [7, 11) is 0.